The highest BCUT2D eigenvalue weighted by Crippen LogP contribution is 2.32. The summed E-state index contributed by atoms with van der Waals surface area (Å²) in [6.07, 6.45) is 0. The molecule has 3 rings (SSSR count). The smallest absolute Gasteiger partial charge is 0.270 e. The molecule has 0 aliphatic carbocycles. The molecule has 0 heterocycles. The summed E-state index contributed by atoms with van der Waals surface area (Å²) in [7, 11) is -1.22. The van der Waals surface area contributed by atoms with Crippen LogP contribution in [-0.4, -0.2) is 27.6 Å². The second kappa shape index (κ2) is 9.35. The lowest BCUT2D eigenvalue weighted by molar-refractivity contribution is -0.385. The highest BCUT2D eigenvalue weighted by Gasteiger charge is 2.24. The predicted molar refractivity (Wildman–Crippen MR) is 117 cm³/mol. The number of methoxy groups -OCH3 is 2. The fourth-order valence-corrected chi connectivity index (χ4v) is 4.23. The molecule has 0 atom stereocenters. The van der Waals surface area contributed by atoms with Gasteiger partial charge < -0.3 is 14.8 Å². The van der Waals surface area contributed by atoms with Crippen molar-refractivity contribution in [3.8, 4) is 11.5 Å². The van der Waals surface area contributed by atoms with Crippen molar-refractivity contribution in [2.45, 2.75) is 11.4 Å². The summed E-state index contributed by atoms with van der Waals surface area (Å²) in [5, 5.41) is 14.3. The fourth-order valence-electron chi connectivity index (χ4n) is 2.96. The highest BCUT2D eigenvalue weighted by atomic mass is 32.2. The van der Waals surface area contributed by atoms with E-state index in [4.69, 9.17) is 9.47 Å². The van der Waals surface area contributed by atoms with E-state index in [1.807, 2.05) is 18.2 Å². The average molecular weight is 443 g/mol. The van der Waals surface area contributed by atoms with Crippen LogP contribution in [0.1, 0.15) is 5.56 Å². The second-order valence-electron chi connectivity index (χ2n) is 6.41. The molecule has 3 aromatic carbocycles. The van der Waals surface area contributed by atoms with E-state index in [2.05, 4.69) is 10.0 Å². The summed E-state index contributed by atoms with van der Waals surface area (Å²) in [6, 6.07) is 17.4. The van der Waals surface area contributed by atoms with Gasteiger partial charge in [0.2, 0.25) is 0 Å². The van der Waals surface area contributed by atoms with Gasteiger partial charge in [-0.3, -0.25) is 14.8 Å². The van der Waals surface area contributed by atoms with Gasteiger partial charge in [0, 0.05) is 24.2 Å². The number of nitro groups is 1. The summed E-state index contributed by atoms with van der Waals surface area (Å²) >= 11 is 0. The Bertz CT molecular complexity index is 1200. The van der Waals surface area contributed by atoms with Crippen LogP contribution >= 0.6 is 0 Å². The van der Waals surface area contributed by atoms with Gasteiger partial charge in [0.15, 0.2) is 0 Å². The van der Waals surface area contributed by atoms with Crippen molar-refractivity contribution in [1.29, 1.82) is 0 Å². The van der Waals surface area contributed by atoms with Crippen LogP contribution in [0.2, 0.25) is 0 Å². The fraction of sp³-hybridized carbons (Fsp3) is 0.143. The van der Waals surface area contributed by atoms with E-state index in [1.54, 1.807) is 24.3 Å². The molecule has 9 nitrogen and oxygen atoms in total. The standard InChI is InChI=1S/C21H21N3O6S/c1-29-19-9-5-3-7-15(19)14-22-18-12-11-16(24(25)26)13-21(18)31(27,28)23-17-8-4-6-10-20(17)30-2/h3-13,22-23H,14H2,1-2H3. The molecule has 0 unspecified atom stereocenters. The minimum absolute atomic E-state index is 0.207. The van der Waals surface area contributed by atoms with Crippen molar-refractivity contribution >= 4 is 27.1 Å². The third kappa shape index (κ3) is 5.04. The molecule has 0 bridgehead atoms. The van der Waals surface area contributed by atoms with Gasteiger partial charge in [-0.05, 0) is 24.3 Å². The average Bonchev–Trinajstić information content (AvgIpc) is 2.77. The number of anilines is 2. The molecule has 0 aliphatic rings. The molecule has 0 saturated heterocycles. The van der Waals surface area contributed by atoms with Crippen LogP contribution in [0.4, 0.5) is 17.1 Å². The molecule has 3 aromatic rings. The summed E-state index contributed by atoms with van der Waals surface area (Å²) in [6.45, 7) is 0.249. The molecule has 31 heavy (non-hydrogen) atoms. The maximum Gasteiger partial charge on any atom is 0.270 e. The van der Waals surface area contributed by atoms with Gasteiger partial charge in [-0.1, -0.05) is 30.3 Å². The summed E-state index contributed by atoms with van der Waals surface area (Å²) < 4.78 is 39.2. The maximum atomic E-state index is 13.1. The molecule has 0 amide bonds. The zero-order chi connectivity index (χ0) is 22.4. The number of hydrogen-bond donors (Lipinski definition) is 2. The number of nitrogens with one attached hydrogen (secondary N) is 2. The predicted octanol–water partition coefficient (Wildman–Crippen LogP) is 4.02. The highest BCUT2D eigenvalue weighted by molar-refractivity contribution is 7.93. The van der Waals surface area contributed by atoms with E-state index in [1.165, 1.54) is 32.4 Å². The minimum Gasteiger partial charge on any atom is -0.496 e. The first-order chi connectivity index (χ1) is 14.9. The van der Waals surface area contributed by atoms with Crippen molar-refractivity contribution in [2.75, 3.05) is 24.3 Å². The number of sulfonamides is 1. The van der Waals surface area contributed by atoms with Crippen molar-refractivity contribution in [2.24, 2.45) is 0 Å². The molecule has 0 radical (unpaired) electrons. The molecular formula is C21H21N3O6S. The van der Waals surface area contributed by atoms with Gasteiger partial charge in [-0.25, -0.2) is 8.42 Å². The van der Waals surface area contributed by atoms with Crippen molar-refractivity contribution < 1.29 is 22.8 Å². The summed E-state index contributed by atoms with van der Waals surface area (Å²) in [5.41, 5.74) is 0.874. The maximum absolute atomic E-state index is 13.1. The van der Waals surface area contributed by atoms with E-state index in [0.29, 0.717) is 11.5 Å². The molecule has 2 N–H and O–H groups in total. The monoisotopic (exact) mass is 443 g/mol. The molecular weight excluding hydrogens is 422 g/mol. The lowest BCUT2D eigenvalue weighted by Crippen LogP contribution is -2.16. The Kier molecular flexibility index (Phi) is 6.61. The normalized spacial score (nSPS) is 10.9. The number of ether oxygens (including phenoxy) is 2. The van der Waals surface area contributed by atoms with Crippen LogP contribution in [0.3, 0.4) is 0 Å². The minimum atomic E-state index is -4.18. The van der Waals surface area contributed by atoms with Crippen LogP contribution in [-0.2, 0) is 16.6 Å². The lowest BCUT2D eigenvalue weighted by Gasteiger charge is -2.16. The van der Waals surface area contributed by atoms with E-state index >= 15 is 0 Å². The third-order valence-electron chi connectivity index (χ3n) is 4.48. The number of nitro benzene ring substituents is 1. The van der Waals surface area contributed by atoms with Crippen molar-refractivity contribution in [3.05, 3.63) is 82.4 Å². The van der Waals surface area contributed by atoms with Crippen LogP contribution in [0.15, 0.2) is 71.6 Å². The van der Waals surface area contributed by atoms with E-state index in [9.17, 15) is 18.5 Å². The number of para-hydroxylation sites is 3. The lowest BCUT2D eigenvalue weighted by atomic mass is 10.2. The third-order valence-corrected chi connectivity index (χ3v) is 5.88. The van der Waals surface area contributed by atoms with Crippen LogP contribution < -0.4 is 19.5 Å². The molecule has 0 fully saturated rings. The summed E-state index contributed by atoms with van der Waals surface area (Å²) in [4.78, 5) is 10.3. The Balaban J connectivity index is 1.98. The Morgan fingerprint density at radius 2 is 1.55 bits per heavy atom. The van der Waals surface area contributed by atoms with Crippen LogP contribution in [0.5, 0.6) is 11.5 Å². The Labute approximate surface area is 179 Å². The number of benzene rings is 3. The summed E-state index contributed by atoms with van der Waals surface area (Å²) in [5.74, 6) is 0.952. The Morgan fingerprint density at radius 3 is 2.23 bits per heavy atom. The van der Waals surface area contributed by atoms with Crippen molar-refractivity contribution in [3.63, 3.8) is 0 Å². The van der Waals surface area contributed by atoms with Crippen LogP contribution in [0, 0.1) is 10.1 Å². The van der Waals surface area contributed by atoms with Gasteiger partial charge in [-0.15, -0.1) is 0 Å². The first-order valence-corrected chi connectivity index (χ1v) is 10.6. The second-order valence-corrected chi connectivity index (χ2v) is 8.06. The van der Waals surface area contributed by atoms with Gasteiger partial charge in [0.25, 0.3) is 15.7 Å². The molecule has 10 heteroatoms. The van der Waals surface area contributed by atoms with E-state index in [-0.39, 0.29) is 28.5 Å². The topological polar surface area (TPSA) is 120 Å². The van der Waals surface area contributed by atoms with Gasteiger partial charge in [0.1, 0.15) is 16.4 Å². The van der Waals surface area contributed by atoms with Crippen molar-refractivity contribution in [1.82, 2.24) is 0 Å². The first kappa shape index (κ1) is 21.9. The Morgan fingerprint density at radius 1 is 0.903 bits per heavy atom. The zero-order valence-electron chi connectivity index (χ0n) is 16.9. The molecule has 0 saturated carbocycles. The molecule has 162 valence electrons. The molecule has 0 spiro atoms. The van der Waals surface area contributed by atoms with Gasteiger partial charge >= 0.3 is 0 Å². The SMILES string of the molecule is COc1ccccc1CNc1ccc([N+](=O)[O-])cc1S(=O)(=O)Nc1ccccc1OC. The number of hydrogen-bond acceptors (Lipinski definition) is 7. The van der Waals surface area contributed by atoms with Crippen LogP contribution in [0.25, 0.3) is 0 Å². The van der Waals surface area contributed by atoms with Gasteiger partial charge in [0.05, 0.1) is 30.5 Å². The molecule has 0 aromatic heterocycles. The number of rotatable bonds is 9. The largest absolute Gasteiger partial charge is 0.496 e. The number of nitrogens with zero attached hydrogens (tertiary/aromatic N) is 1. The Hall–Kier alpha value is -3.79. The first-order valence-electron chi connectivity index (χ1n) is 9.15. The van der Waals surface area contributed by atoms with Gasteiger partial charge in [-0.2, -0.15) is 0 Å². The zero-order valence-corrected chi connectivity index (χ0v) is 17.7. The van der Waals surface area contributed by atoms with E-state index in [0.717, 1.165) is 11.6 Å². The number of non-ortho nitro benzene ring substituents is 1. The molecule has 0 aliphatic heterocycles. The quantitative estimate of drug-likeness (QED) is 0.378. The van der Waals surface area contributed by atoms with E-state index < -0.39 is 14.9 Å².